The predicted octanol–water partition coefficient (Wildman–Crippen LogP) is 5.81. The summed E-state index contributed by atoms with van der Waals surface area (Å²) in [4.78, 5) is 15.2. The molecule has 192 valence electrons. The fourth-order valence-corrected chi connectivity index (χ4v) is 6.25. The van der Waals surface area contributed by atoms with Crippen molar-refractivity contribution < 1.29 is 19.4 Å². The molecule has 5 nitrogen and oxygen atoms in total. The maximum Gasteiger partial charge on any atom is 0.338 e. The Bertz CT molecular complexity index is 1150. The maximum atomic E-state index is 12.8. The van der Waals surface area contributed by atoms with Gasteiger partial charge in [-0.1, -0.05) is 37.6 Å². The van der Waals surface area contributed by atoms with Crippen LogP contribution in [-0.4, -0.2) is 43.5 Å². The molecule has 1 fully saturated rings. The molecule has 2 aliphatic carbocycles. The number of hydrogen-bond donors (Lipinski definition) is 1. The van der Waals surface area contributed by atoms with Gasteiger partial charge in [-0.3, -0.25) is 0 Å². The van der Waals surface area contributed by atoms with Gasteiger partial charge in [-0.25, -0.2) is 4.79 Å². The Morgan fingerprint density at radius 2 is 2.14 bits per heavy atom. The maximum absolute atomic E-state index is 12.8. The number of carbonyl (C=O) groups is 1. The summed E-state index contributed by atoms with van der Waals surface area (Å²) >= 11 is 6.31. The van der Waals surface area contributed by atoms with Crippen LogP contribution in [0.1, 0.15) is 54.6 Å². The summed E-state index contributed by atoms with van der Waals surface area (Å²) < 4.78 is 12.0. The normalized spacial score (nSPS) is 25.4. The second-order valence-electron chi connectivity index (χ2n) is 11.2. The molecule has 0 amide bonds. The van der Waals surface area contributed by atoms with Gasteiger partial charge in [-0.05, 0) is 84.9 Å². The smallest absolute Gasteiger partial charge is 0.338 e. The van der Waals surface area contributed by atoms with Crippen LogP contribution in [0.15, 0.2) is 49.1 Å². The number of aliphatic hydroxyl groups excluding tert-OH is 1. The van der Waals surface area contributed by atoms with Crippen LogP contribution in [0, 0.1) is 17.8 Å². The van der Waals surface area contributed by atoms with Crippen molar-refractivity contribution in [2.45, 2.75) is 51.0 Å². The number of hydrogen-bond acceptors (Lipinski definition) is 5. The van der Waals surface area contributed by atoms with E-state index < -0.39 is 6.10 Å². The van der Waals surface area contributed by atoms with Crippen molar-refractivity contribution in [2.24, 2.45) is 17.8 Å². The van der Waals surface area contributed by atoms with E-state index in [2.05, 4.69) is 23.6 Å². The molecule has 0 radical (unpaired) electrons. The van der Waals surface area contributed by atoms with Crippen molar-refractivity contribution in [2.75, 3.05) is 31.2 Å². The summed E-state index contributed by atoms with van der Waals surface area (Å²) in [5, 5.41) is 11.2. The molecule has 4 atom stereocenters. The van der Waals surface area contributed by atoms with Crippen molar-refractivity contribution in [3.8, 4) is 5.75 Å². The van der Waals surface area contributed by atoms with E-state index in [0.29, 0.717) is 24.7 Å². The molecule has 36 heavy (non-hydrogen) atoms. The summed E-state index contributed by atoms with van der Waals surface area (Å²) in [5.74, 6) is 1.31. The van der Waals surface area contributed by atoms with Gasteiger partial charge in [-0.15, -0.1) is 6.58 Å². The number of rotatable bonds is 7. The van der Waals surface area contributed by atoms with E-state index in [1.165, 1.54) is 11.1 Å². The average molecular weight is 510 g/mol. The van der Waals surface area contributed by atoms with Crippen LogP contribution in [0.2, 0.25) is 5.02 Å². The minimum atomic E-state index is -0.493. The Kier molecular flexibility index (Phi) is 7.06. The lowest BCUT2D eigenvalue weighted by Crippen LogP contribution is -2.47. The van der Waals surface area contributed by atoms with Crippen LogP contribution in [0.5, 0.6) is 5.75 Å². The second-order valence-corrected chi connectivity index (χ2v) is 11.6. The number of benzene rings is 2. The zero-order valence-electron chi connectivity index (χ0n) is 21.2. The summed E-state index contributed by atoms with van der Waals surface area (Å²) in [6.45, 7) is 10.4. The molecule has 3 aliphatic rings. The lowest BCUT2D eigenvalue weighted by Gasteiger charge is -2.43. The number of aryl methyl sites for hydroxylation is 1. The molecule has 0 aromatic heterocycles. The second kappa shape index (κ2) is 10.1. The van der Waals surface area contributed by atoms with Gasteiger partial charge in [0.15, 0.2) is 0 Å². The topological polar surface area (TPSA) is 59.0 Å². The molecule has 1 aliphatic heterocycles. The molecule has 1 N–H and O–H groups in total. The summed E-state index contributed by atoms with van der Waals surface area (Å²) in [6.07, 6.45) is 5.18. The number of esters is 1. The van der Waals surface area contributed by atoms with Crippen molar-refractivity contribution in [3.05, 3.63) is 70.8 Å². The Morgan fingerprint density at radius 3 is 2.86 bits per heavy atom. The quantitative estimate of drug-likeness (QED) is 0.377. The van der Waals surface area contributed by atoms with Gasteiger partial charge in [0.05, 0.1) is 30.6 Å². The van der Waals surface area contributed by atoms with E-state index in [4.69, 9.17) is 21.1 Å². The summed E-state index contributed by atoms with van der Waals surface area (Å²) in [7, 11) is 0. The van der Waals surface area contributed by atoms with E-state index in [1.54, 1.807) is 12.1 Å². The zero-order valence-corrected chi connectivity index (χ0v) is 22.0. The minimum absolute atomic E-state index is 0.159. The average Bonchev–Trinajstić information content (AvgIpc) is 3.11. The zero-order chi connectivity index (χ0) is 25.4. The molecule has 1 saturated carbocycles. The van der Waals surface area contributed by atoms with Crippen molar-refractivity contribution >= 4 is 23.3 Å². The number of halogens is 1. The van der Waals surface area contributed by atoms with Crippen LogP contribution in [0.3, 0.4) is 0 Å². The molecule has 0 saturated heterocycles. The van der Waals surface area contributed by atoms with E-state index >= 15 is 0 Å². The van der Waals surface area contributed by atoms with E-state index in [-0.39, 0.29) is 23.2 Å². The molecule has 0 bridgehead atoms. The SMILES string of the molecule is C=C[C@H](O)[C@@H]1CC[C@H]1CN1C[C@@]2(CCc3cc(Cl)ccc32)COc2ccc(C(=O)OCC(C)C)cc21. The molecular formula is C30H36ClNO4. The lowest BCUT2D eigenvalue weighted by molar-refractivity contribution is 0.0459. The Morgan fingerprint density at radius 1 is 1.31 bits per heavy atom. The number of fused-ring (bicyclic) bond motifs is 3. The van der Waals surface area contributed by atoms with Crippen molar-refractivity contribution in [1.82, 2.24) is 0 Å². The van der Waals surface area contributed by atoms with Crippen LogP contribution >= 0.6 is 11.6 Å². The lowest BCUT2D eigenvalue weighted by atomic mass is 9.70. The molecular weight excluding hydrogens is 474 g/mol. The van der Waals surface area contributed by atoms with Gasteiger partial charge in [0.25, 0.3) is 0 Å². The first-order chi connectivity index (χ1) is 17.3. The first kappa shape index (κ1) is 25.2. The van der Waals surface area contributed by atoms with Crippen molar-refractivity contribution in [1.29, 1.82) is 0 Å². The Labute approximate surface area is 219 Å². The van der Waals surface area contributed by atoms with Gasteiger partial charge in [-0.2, -0.15) is 0 Å². The van der Waals surface area contributed by atoms with Gasteiger partial charge in [0.2, 0.25) is 0 Å². The number of aliphatic hydroxyl groups is 1. The highest BCUT2D eigenvalue weighted by Crippen LogP contribution is 2.47. The van der Waals surface area contributed by atoms with Crippen LogP contribution in [0.4, 0.5) is 5.69 Å². The van der Waals surface area contributed by atoms with Crippen LogP contribution < -0.4 is 9.64 Å². The van der Waals surface area contributed by atoms with Crippen LogP contribution in [-0.2, 0) is 16.6 Å². The number of anilines is 1. The van der Waals surface area contributed by atoms with Gasteiger partial charge >= 0.3 is 5.97 Å². The highest BCUT2D eigenvalue weighted by molar-refractivity contribution is 6.30. The van der Waals surface area contributed by atoms with Gasteiger partial charge < -0.3 is 19.5 Å². The molecule has 5 rings (SSSR count). The highest BCUT2D eigenvalue weighted by atomic mass is 35.5. The highest BCUT2D eigenvalue weighted by Gasteiger charge is 2.45. The van der Waals surface area contributed by atoms with Crippen molar-refractivity contribution in [3.63, 3.8) is 0 Å². The number of nitrogens with zero attached hydrogens (tertiary/aromatic N) is 1. The molecule has 2 aromatic rings. The van der Waals surface area contributed by atoms with E-state index in [1.807, 2.05) is 32.0 Å². The Balaban J connectivity index is 1.49. The fourth-order valence-electron chi connectivity index (χ4n) is 6.05. The third-order valence-corrected chi connectivity index (χ3v) is 8.44. The summed E-state index contributed by atoms with van der Waals surface area (Å²) in [6, 6.07) is 11.8. The van der Waals surface area contributed by atoms with Gasteiger partial charge in [0, 0.05) is 23.5 Å². The Hall–Kier alpha value is -2.50. The first-order valence-electron chi connectivity index (χ1n) is 13.1. The largest absolute Gasteiger partial charge is 0.490 e. The number of ether oxygens (including phenoxy) is 2. The minimum Gasteiger partial charge on any atom is -0.490 e. The first-order valence-corrected chi connectivity index (χ1v) is 13.5. The standard InChI is InChI=1S/C30H36ClNO4/c1-4-27(33)24-8-5-22(24)15-32-17-30(12-11-20-13-23(31)7-9-25(20)30)18-36-28-10-6-21(14-26(28)32)29(34)35-16-19(2)3/h4,6-7,9-10,13-14,19,22,24,27,33H,1,5,8,11-12,15-18H2,2-3H3/t22-,24+,27-,30-/m0/s1. The van der Waals surface area contributed by atoms with E-state index in [9.17, 15) is 9.90 Å². The molecule has 1 spiro atoms. The monoisotopic (exact) mass is 509 g/mol. The molecule has 0 unspecified atom stereocenters. The molecule has 1 heterocycles. The molecule has 6 heteroatoms. The van der Waals surface area contributed by atoms with E-state index in [0.717, 1.165) is 55.2 Å². The van der Waals surface area contributed by atoms with Crippen LogP contribution in [0.25, 0.3) is 0 Å². The van der Waals surface area contributed by atoms with Gasteiger partial charge in [0.1, 0.15) is 5.75 Å². The third kappa shape index (κ3) is 4.76. The fraction of sp³-hybridized carbons (Fsp3) is 0.500. The molecule has 2 aromatic carbocycles. The third-order valence-electron chi connectivity index (χ3n) is 8.20. The predicted molar refractivity (Wildman–Crippen MR) is 143 cm³/mol. The summed E-state index contributed by atoms with van der Waals surface area (Å²) in [5.41, 5.74) is 3.89. The number of carbonyl (C=O) groups excluding carboxylic acids is 1.